The van der Waals surface area contributed by atoms with Crippen molar-refractivity contribution in [2.45, 2.75) is 31.7 Å². The van der Waals surface area contributed by atoms with Gasteiger partial charge in [0.2, 0.25) is 0 Å². The fourth-order valence-electron chi connectivity index (χ4n) is 4.57. The van der Waals surface area contributed by atoms with Crippen LogP contribution in [0.1, 0.15) is 36.2 Å². The number of primary amides is 1. The Morgan fingerprint density at radius 3 is 2.96 bits per heavy atom. The molecule has 1 aliphatic heterocycles. The second kappa shape index (κ2) is 4.60. The van der Waals surface area contributed by atoms with Crippen molar-refractivity contribution in [1.82, 2.24) is 19.5 Å². The summed E-state index contributed by atoms with van der Waals surface area (Å²) >= 11 is 0. The molecule has 2 aromatic heterocycles. The number of aromatic nitrogens is 3. The van der Waals surface area contributed by atoms with E-state index in [-0.39, 0.29) is 11.0 Å². The first-order valence-electron chi connectivity index (χ1n) is 8.64. The quantitative estimate of drug-likeness (QED) is 0.765. The number of halogens is 1. The second-order valence-corrected chi connectivity index (χ2v) is 7.74. The van der Waals surface area contributed by atoms with Crippen LogP contribution >= 0.6 is 0 Å². The summed E-state index contributed by atoms with van der Waals surface area (Å²) in [5, 5.41) is 4.50. The normalized spacial score (nSPS) is 26.0. The standard InChI is InChI=1S/C18H20FN5O/c1-9(2)23-7-10-5-18(10,8-23)13-6-21-24-15-12(16(20)25)3-11(19)4-14(15)22-17(13)24/h3-4,6,9-10,22H,5,7-8H2,1-2H3,(H2,20,25). The molecule has 25 heavy (non-hydrogen) atoms. The first-order chi connectivity index (χ1) is 11.9. The monoisotopic (exact) mass is 341 g/mol. The first kappa shape index (κ1) is 14.9. The number of benzene rings is 1. The summed E-state index contributed by atoms with van der Waals surface area (Å²) in [6.45, 7) is 6.56. The third kappa shape index (κ3) is 1.87. The predicted molar refractivity (Wildman–Crippen MR) is 92.0 cm³/mol. The van der Waals surface area contributed by atoms with Gasteiger partial charge in [-0.05, 0) is 38.3 Å². The number of hydrogen-bond donors (Lipinski definition) is 2. The molecular weight excluding hydrogens is 321 g/mol. The van der Waals surface area contributed by atoms with Gasteiger partial charge in [0.15, 0.2) is 0 Å². The van der Waals surface area contributed by atoms with Crippen LogP contribution in [0.3, 0.4) is 0 Å². The Bertz CT molecular complexity index is 1040. The fourth-order valence-corrected chi connectivity index (χ4v) is 4.57. The molecule has 1 aliphatic carbocycles. The summed E-state index contributed by atoms with van der Waals surface area (Å²) in [5.74, 6) is -0.500. The highest BCUT2D eigenvalue weighted by molar-refractivity contribution is 6.05. The molecule has 3 heterocycles. The molecular formula is C18H20FN5O. The summed E-state index contributed by atoms with van der Waals surface area (Å²) in [7, 11) is 0. The van der Waals surface area contributed by atoms with Gasteiger partial charge in [-0.25, -0.2) is 8.91 Å². The van der Waals surface area contributed by atoms with Gasteiger partial charge in [-0.2, -0.15) is 5.10 Å². The Morgan fingerprint density at radius 1 is 1.48 bits per heavy atom. The van der Waals surface area contributed by atoms with Crippen molar-refractivity contribution in [1.29, 1.82) is 0 Å². The molecule has 3 aromatic rings. The van der Waals surface area contributed by atoms with E-state index in [2.05, 4.69) is 28.8 Å². The molecule has 5 rings (SSSR count). The number of imidazole rings is 1. The number of aromatic amines is 1. The van der Waals surface area contributed by atoms with Gasteiger partial charge in [0.25, 0.3) is 5.91 Å². The van der Waals surface area contributed by atoms with Gasteiger partial charge in [-0.15, -0.1) is 0 Å². The number of piperidine rings is 1. The topological polar surface area (TPSA) is 79.4 Å². The molecule has 7 heteroatoms. The Morgan fingerprint density at radius 2 is 2.28 bits per heavy atom. The zero-order chi connectivity index (χ0) is 17.5. The minimum Gasteiger partial charge on any atom is -0.366 e. The van der Waals surface area contributed by atoms with Gasteiger partial charge in [-0.1, -0.05) is 0 Å². The van der Waals surface area contributed by atoms with Crippen LogP contribution in [0, 0.1) is 11.7 Å². The van der Waals surface area contributed by atoms with E-state index in [1.807, 2.05) is 6.20 Å². The zero-order valence-corrected chi connectivity index (χ0v) is 14.2. The molecule has 0 bridgehead atoms. The van der Waals surface area contributed by atoms with Gasteiger partial charge in [0, 0.05) is 30.1 Å². The number of likely N-dealkylation sites (tertiary alicyclic amines) is 1. The number of nitrogens with two attached hydrogens (primary N) is 1. The maximum absolute atomic E-state index is 13.9. The minimum atomic E-state index is -0.656. The highest BCUT2D eigenvalue weighted by atomic mass is 19.1. The average molecular weight is 341 g/mol. The molecule has 1 saturated heterocycles. The molecule has 2 atom stereocenters. The van der Waals surface area contributed by atoms with Crippen LogP contribution in [-0.4, -0.2) is 44.5 Å². The van der Waals surface area contributed by atoms with Crippen molar-refractivity contribution in [3.05, 3.63) is 35.3 Å². The molecule has 2 unspecified atom stereocenters. The highest BCUT2D eigenvalue weighted by Crippen LogP contribution is 2.60. The van der Waals surface area contributed by atoms with Gasteiger partial charge in [0.1, 0.15) is 17.0 Å². The van der Waals surface area contributed by atoms with Crippen LogP contribution in [0.2, 0.25) is 0 Å². The zero-order valence-electron chi connectivity index (χ0n) is 14.2. The number of carbonyl (C=O) groups excluding carboxylic acids is 1. The number of nitrogens with one attached hydrogen (secondary N) is 1. The molecule has 1 aromatic carbocycles. The van der Waals surface area contributed by atoms with Crippen LogP contribution in [0.15, 0.2) is 18.3 Å². The molecule has 0 spiro atoms. The summed E-state index contributed by atoms with van der Waals surface area (Å²) in [6, 6.07) is 3.08. The fraction of sp³-hybridized carbons (Fsp3) is 0.444. The van der Waals surface area contributed by atoms with E-state index in [9.17, 15) is 9.18 Å². The minimum absolute atomic E-state index is 0.123. The van der Waals surface area contributed by atoms with Crippen molar-refractivity contribution in [3.63, 3.8) is 0 Å². The van der Waals surface area contributed by atoms with Crippen molar-refractivity contribution >= 4 is 22.6 Å². The van der Waals surface area contributed by atoms with Crippen molar-refractivity contribution in [3.8, 4) is 0 Å². The number of rotatable bonds is 3. The predicted octanol–water partition coefficient (Wildman–Crippen LogP) is 2.04. The number of H-pyrrole nitrogens is 1. The third-order valence-corrected chi connectivity index (χ3v) is 6.01. The molecule has 130 valence electrons. The maximum Gasteiger partial charge on any atom is 0.251 e. The van der Waals surface area contributed by atoms with E-state index in [0.717, 1.165) is 30.7 Å². The summed E-state index contributed by atoms with van der Waals surface area (Å²) < 4.78 is 15.6. The summed E-state index contributed by atoms with van der Waals surface area (Å²) in [5.41, 5.74) is 8.81. The number of carbonyl (C=O) groups is 1. The van der Waals surface area contributed by atoms with E-state index in [4.69, 9.17) is 5.73 Å². The number of nitrogens with zero attached hydrogens (tertiary/aromatic N) is 3. The van der Waals surface area contributed by atoms with Gasteiger partial charge in [-0.3, -0.25) is 9.69 Å². The number of amides is 1. The van der Waals surface area contributed by atoms with Crippen LogP contribution in [-0.2, 0) is 5.41 Å². The van der Waals surface area contributed by atoms with Crippen molar-refractivity contribution in [2.24, 2.45) is 11.7 Å². The van der Waals surface area contributed by atoms with Crippen molar-refractivity contribution < 1.29 is 9.18 Å². The van der Waals surface area contributed by atoms with Crippen LogP contribution in [0.5, 0.6) is 0 Å². The summed E-state index contributed by atoms with van der Waals surface area (Å²) in [4.78, 5) is 17.5. The smallest absolute Gasteiger partial charge is 0.251 e. The van der Waals surface area contributed by atoms with Crippen LogP contribution in [0.25, 0.3) is 16.7 Å². The Labute approximate surface area is 143 Å². The van der Waals surface area contributed by atoms with Gasteiger partial charge < -0.3 is 10.7 Å². The highest BCUT2D eigenvalue weighted by Gasteiger charge is 2.62. The van der Waals surface area contributed by atoms with Gasteiger partial charge in [0.05, 0.1) is 17.3 Å². The van der Waals surface area contributed by atoms with E-state index < -0.39 is 11.7 Å². The van der Waals surface area contributed by atoms with Gasteiger partial charge >= 0.3 is 0 Å². The maximum atomic E-state index is 13.9. The van der Waals surface area contributed by atoms with Crippen molar-refractivity contribution in [2.75, 3.05) is 13.1 Å². The SMILES string of the molecule is CC(C)N1CC2CC2(c2cnn3c2[nH]c2cc(F)cc(C(N)=O)c23)C1. The van der Waals surface area contributed by atoms with Crippen LogP contribution in [0.4, 0.5) is 4.39 Å². The summed E-state index contributed by atoms with van der Waals surface area (Å²) in [6.07, 6.45) is 3.05. The molecule has 2 fully saturated rings. The molecule has 2 aliphatic rings. The second-order valence-electron chi connectivity index (χ2n) is 7.74. The first-order valence-corrected chi connectivity index (χ1v) is 8.64. The van der Waals surface area contributed by atoms with E-state index in [1.165, 1.54) is 12.1 Å². The lowest BCUT2D eigenvalue weighted by Crippen LogP contribution is -2.32. The molecule has 1 saturated carbocycles. The van der Waals surface area contributed by atoms with Crippen LogP contribution < -0.4 is 5.73 Å². The lowest BCUT2D eigenvalue weighted by molar-refractivity contribution is 0.100. The van der Waals surface area contributed by atoms with E-state index >= 15 is 0 Å². The lowest BCUT2D eigenvalue weighted by atomic mass is 9.98. The Balaban J connectivity index is 1.70. The lowest BCUT2D eigenvalue weighted by Gasteiger charge is -2.24. The molecule has 6 nitrogen and oxygen atoms in total. The number of fused-ring (bicyclic) bond motifs is 4. The molecule has 0 radical (unpaired) electrons. The molecule has 3 N–H and O–H groups in total. The number of hydrogen-bond acceptors (Lipinski definition) is 3. The third-order valence-electron chi connectivity index (χ3n) is 6.01. The Kier molecular flexibility index (Phi) is 2.74. The largest absolute Gasteiger partial charge is 0.366 e. The molecule has 1 amide bonds. The average Bonchev–Trinajstić information content (AvgIpc) is 2.90. The van der Waals surface area contributed by atoms with E-state index in [0.29, 0.717) is 23.0 Å². The van der Waals surface area contributed by atoms with E-state index in [1.54, 1.807) is 4.52 Å². The Hall–Kier alpha value is -2.41.